The van der Waals surface area contributed by atoms with Gasteiger partial charge in [0.15, 0.2) is 0 Å². The van der Waals surface area contributed by atoms with Gasteiger partial charge in [0.1, 0.15) is 12.0 Å². The van der Waals surface area contributed by atoms with Crippen molar-refractivity contribution in [2.45, 2.75) is 0 Å². The number of nitrogens with zero attached hydrogens (tertiary/aromatic N) is 1. The quantitative estimate of drug-likeness (QED) is 0.819. The molecule has 16 heavy (non-hydrogen) atoms. The lowest BCUT2D eigenvalue weighted by atomic mass is 10.2. The van der Waals surface area contributed by atoms with E-state index >= 15 is 0 Å². The summed E-state index contributed by atoms with van der Waals surface area (Å²) in [7, 11) is -4.60. The fraction of sp³-hybridized carbons (Fsp3) is 0. The number of rotatable bonds is 3. The van der Waals surface area contributed by atoms with Crippen molar-refractivity contribution in [3.8, 4) is 17.3 Å². The second-order valence-corrected chi connectivity index (χ2v) is 3.90. The molecule has 7 heteroatoms. The van der Waals surface area contributed by atoms with E-state index in [1.165, 1.54) is 6.26 Å². The monoisotopic (exact) mass is 241 g/mol. The van der Waals surface area contributed by atoms with Gasteiger partial charge in [-0.25, -0.2) is 0 Å². The Bertz CT molecular complexity index is 575. The Hall–Kier alpha value is -1.86. The average molecular weight is 241 g/mol. The molecule has 0 aliphatic rings. The van der Waals surface area contributed by atoms with Crippen molar-refractivity contribution in [2.75, 3.05) is 0 Å². The summed E-state index contributed by atoms with van der Waals surface area (Å²) < 4.78 is 37.9. The number of hydrogen-bond donors (Lipinski definition) is 1. The number of hydrogen-bond acceptors (Lipinski definition) is 5. The molecule has 0 unspecified atom stereocenters. The molecule has 0 fully saturated rings. The lowest BCUT2D eigenvalue weighted by Crippen LogP contribution is -2.06. The van der Waals surface area contributed by atoms with Crippen LogP contribution in [0.15, 0.2) is 41.0 Å². The third kappa shape index (κ3) is 2.59. The van der Waals surface area contributed by atoms with Gasteiger partial charge in [-0.3, -0.25) is 4.55 Å². The average Bonchev–Trinajstić information content (AvgIpc) is 2.65. The molecular weight excluding hydrogens is 234 g/mol. The maximum Gasteiger partial charge on any atom is 0.450 e. The SMILES string of the molecule is O=S(=O)(O)Oc1nc(-c2ccccc2)co1. The van der Waals surface area contributed by atoms with Gasteiger partial charge in [-0.2, -0.15) is 13.4 Å². The molecule has 1 N–H and O–H groups in total. The van der Waals surface area contributed by atoms with E-state index in [-0.39, 0.29) is 0 Å². The summed E-state index contributed by atoms with van der Waals surface area (Å²) in [5.41, 5.74) is 1.16. The summed E-state index contributed by atoms with van der Waals surface area (Å²) in [4.78, 5) is 3.74. The second-order valence-electron chi connectivity index (χ2n) is 2.88. The maximum absolute atomic E-state index is 10.4. The molecule has 0 saturated carbocycles. The standard InChI is InChI=1S/C9H7NO5S/c11-16(12,13)15-9-10-8(6-14-9)7-4-2-1-3-5-7/h1-6H,(H,11,12,13). The molecule has 2 rings (SSSR count). The van der Waals surface area contributed by atoms with E-state index in [0.29, 0.717) is 5.69 Å². The summed E-state index contributed by atoms with van der Waals surface area (Å²) in [6.07, 6.45) is 0.705. The van der Waals surface area contributed by atoms with Crippen LogP contribution >= 0.6 is 0 Å². The zero-order valence-electron chi connectivity index (χ0n) is 7.90. The van der Waals surface area contributed by atoms with Crippen LogP contribution in [-0.2, 0) is 10.4 Å². The van der Waals surface area contributed by atoms with Crippen LogP contribution in [0.3, 0.4) is 0 Å². The molecule has 0 bridgehead atoms. The first kappa shape index (κ1) is 10.7. The zero-order valence-corrected chi connectivity index (χ0v) is 8.72. The van der Waals surface area contributed by atoms with Gasteiger partial charge in [-0.15, -0.1) is 0 Å². The molecule has 1 aromatic carbocycles. The molecule has 0 aliphatic heterocycles. The molecular formula is C9H7NO5S. The smallest absolute Gasteiger partial charge is 0.416 e. The Morgan fingerprint density at radius 2 is 1.94 bits per heavy atom. The van der Waals surface area contributed by atoms with E-state index in [2.05, 4.69) is 9.17 Å². The molecule has 1 aromatic heterocycles. The van der Waals surface area contributed by atoms with Crippen molar-refractivity contribution < 1.29 is 21.6 Å². The highest BCUT2D eigenvalue weighted by Gasteiger charge is 2.13. The Kier molecular flexibility index (Phi) is 2.63. The van der Waals surface area contributed by atoms with Crippen LogP contribution in [0.4, 0.5) is 0 Å². The van der Waals surface area contributed by atoms with Crippen LogP contribution in [0.5, 0.6) is 6.08 Å². The molecule has 1 heterocycles. The fourth-order valence-electron chi connectivity index (χ4n) is 1.13. The minimum atomic E-state index is -4.60. The molecule has 0 spiro atoms. The first-order valence-corrected chi connectivity index (χ1v) is 5.59. The minimum Gasteiger partial charge on any atom is -0.416 e. The van der Waals surface area contributed by atoms with Crippen LogP contribution in [0, 0.1) is 0 Å². The summed E-state index contributed by atoms with van der Waals surface area (Å²) in [6.45, 7) is 0. The fourth-order valence-corrected chi connectivity index (χ4v) is 1.38. The summed E-state index contributed by atoms with van der Waals surface area (Å²) in [5, 5.41) is 0. The number of oxazole rings is 1. The third-order valence-electron chi connectivity index (χ3n) is 1.73. The Morgan fingerprint density at radius 3 is 2.56 bits per heavy atom. The van der Waals surface area contributed by atoms with Crippen LogP contribution in [0.1, 0.15) is 0 Å². The predicted octanol–water partition coefficient (Wildman–Crippen LogP) is 1.52. The van der Waals surface area contributed by atoms with E-state index in [4.69, 9.17) is 8.97 Å². The number of aromatic nitrogens is 1. The van der Waals surface area contributed by atoms with Gasteiger partial charge in [0.05, 0.1) is 0 Å². The van der Waals surface area contributed by atoms with Gasteiger partial charge in [0, 0.05) is 5.56 Å². The van der Waals surface area contributed by atoms with Crippen molar-refractivity contribution in [2.24, 2.45) is 0 Å². The highest BCUT2D eigenvalue weighted by molar-refractivity contribution is 7.81. The van der Waals surface area contributed by atoms with E-state index in [1.807, 2.05) is 6.07 Å². The van der Waals surface area contributed by atoms with Crippen LogP contribution in [-0.4, -0.2) is 18.0 Å². The molecule has 0 atom stereocenters. The molecule has 0 amide bonds. The van der Waals surface area contributed by atoms with E-state index in [0.717, 1.165) is 5.56 Å². The molecule has 0 saturated heterocycles. The van der Waals surface area contributed by atoms with Crippen LogP contribution in [0.25, 0.3) is 11.3 Å². The van der Waals surface area contributed by atoms with Gasteiger partial charge in [-0.05, 0) is 0 Å². The van der Waals surface area contributed by atoms with Gasteiger partial charge < -0.3 is 8.60 Å². The topological polar surface area (TPSA) is 89.6 Å². The third-order valence-corrected chi connectivity index (χ3v) is 2.08. The molecule has 0 radical (unpaired) electrons. The lowest BCUT2D eigenvalue weighted by molar-refractivity contribution is 0.323. The molecule has 6 nitrogen and oxygen atoms in total. The van der Waals surface area contributed by atoms with Gasteiger partial charge in [0.2, 0.25) is 0 Å². The Balaban J connectivity index is 2.27. The van der Waals surface area contributed by atoms with E-state index < -0.39 is 16.5 Å². The lowest BCUT2D eigenvalue weighted by Gasteiger charge is -1.93. The van der Waals surface area contributed by atoms with Crippen molar-refractivity contribution in [1.29, 1.82) is 0 Å². The second kappa shape index (κ2) is 3.95. The minimum absolute atomic E-state index is 0.416. The number of benzene rings is 1. The van der Waals surface area contributed by atoms with E-state index in [1.54, 1.807) is 24.3 Å². The largest absolute Gasteiger partial charge is 0.450 e. The normalized spacial score (nSPS) is 11.3. The summed E-state index contributed by atoms with van der Waals surface area (Å²) in [6, 6.07) is 8.98. The van der Waals surface area contributed by atoms with Crippen molar-refractivity contribution in [3.63, 3.8) is 0 Å². The van der Waals surface area contributed by atoms with Gasteiger partial charge in [-0.1, -0.05) is 30.3 Å². The Labute approximate surface area is 91.5 Å². The highest BCUT2D eigenvalue weighted by atomic mass is 32.3. The van der Waals surface area contributed by atoms with E-state index in [9.17, 15) is 8.42 Å². The summed E-state index contributed by atoms with van der Waals surface area (Å²) >= 11 is 0. The Morgan fingerprint density at radius 1 is 1.25 bits per heavy atom. The van der Waals surface area contributed by atoms with Gasteiger partial charge >= 0.3 is 16.5 Å². The van der Waals surface area contributed by atoms with Crippen LogP contribution < -0.4 is 4.18 Å². The molecule has 0 aliphatic carbocycles. The van der Waals surface area contributed by atoms with Crippen molar-refractivity contribution >= 4 is 10.4 Å². The summed E-state index contributed by atoms with van der Waals surface area (Å²) in [5.74, 6) is 0. The molecule has 84 valence electrons. The van der Waals surface area contributed by atoms with Crippen molar-refractivity contribution in [1.82, 2.24) is 4.98 Å². The maximum atomic E-state index is 10.4. The highest BCUT2D eigenvalue weighted by Crippen LogP contribution is 2.21. The van der Waals surface area contributed by atoms with Crippen molar-refractivity contribution in [3.05, 3.63) is 36.6 Å². The van der Waals surface area contributed by atoms with Gasteiger partial charge in [0.25, 0.3) is 0 Å². The molecule has 2 aromatic rings. The zero-order chi connectivity index (χ0) is 11.6. The first-order chi connectivity index (χ1) is 7.54. The first-order valence-electron chi connectivity index (χ1n) is 4.22. The van der Waals surface area contributed by atoms with Crippen LogP contribution in [0.2, 0.25) is 0 Å². The predicted molar refractivity (Wildman–Crippen MR) is 54.1 cm³/mol.